The van der Waals surface area contributed by atoms with Crippen molar-refractivity contribution in [1.82, 2.24) is 20.9 Å². The van der Waals surface area contributed by atoms with E-state index in [9.17, 15) is 35.9 Å². The van der Waals surface area contributed by atoms with Gasteiger partial charge in [0.15, 0.2) is 0 Å². The summed E-state index contributed by atoms with van der Waals surface area (Å²) >= 11 is 0. The molecule has 1 unspecified atom stereocenters. The average molecular weight is 598 g/mol. The molecule has 0 aliphatic carbocycles. The molecular weight excluding hydrogens is 570 g/mol. The number of aromatic amines is 1. The third kappa shape index (κ3) is 13.1. The van der Waals surface area contributed by atoms with E-state index in [1.165, 1.54) is 0 Å². The smallest absolute Gasteiger partial charge is 0.490 e. The first-order valence-corrected chi connectivity index (χ1v) is 11.7. The van der Waals surface area contributed by atoms with E-state index in [0.29, 0.717) is 38.2 Å². The largest absolute Gasteiger partial charge is 0.497 e. The molecule has 2 heterocycles. The van der Waals surface area contributed by atoms with Crippen LogP contribution in [0.2, 0.25) is 0 Å². The number of benzene rings is 1. The lowest BCUT2D eigenvalue weighted by atomic mass is 10.1. The lowest BCUT2D eigenvalue weighted by Gasteiger charge is -2.16. The van der Waals surface area contributed by atoms with Crippen LogP contribution in [0.3, 0.4) is 0 Å². The summed E-state index contributed by atoms with van der Waals surface area (Å²) in [5.74, 6) is -4.75. The maximum atomic E-state index is 12.0. The van der Waals surface area contributed by atoms with Crippen molar-refractivity contribution in [2.75, 3.05) is 26.7 Å². The Bertz CT molecular complexity index is 1140. The topological polar surface area (TPSA) is 170 Å². The van der Waals surface area contributed by atoms with Crippen LogP contribution in [0.25, 0.3) is 0 Å². The van der Waals surface area contributed by atoms with E-state index in [2.05, 4.69) is 20.9 Å². The first-order valence-electron chi connectivity index (χ1n) is 11.7. The van der Waals surface area contributed by atoms with Crippen LogP contribution in [0.1, 0.15) is 40.5 Å². The maximum Gasteiger partial charge on any atom is 0.490 e. The van der Waals surface area contributed by atoms with Crippen molar-refractivity contribution in [3.05, 3.63) is 53.3 Å². The van der Waals surface area contributed by atoms with Crippen LogP contribution in [0.15, 0.2) is 36.5 Å². The van der Waals surface area contributed by atoms with Crippen LogP contribution in [0, 0.1) is 0 Å². The predicted molar refractivity (Wildman–Crippen MR) is 130 cm³/mol. The van der Waals surface area contributed by atoms with E-state index in [1.54, 1.807) is 13.3 Å². The third-order valence-corrected chi connectivity index (χ3v) is 5.20. The molecule has 0 radical (unpaired) electrons. The summed E-state index contributed by atoms with van der Waals surface area (Å²) in [5.41, 5.74) is 2.68. The van der Waals surface area contributed by atoms with Gasteiger partial charge in [-0.1, -0.05) is 12.1 Å². The van der Waals surface area contributed by atoms with E-state index in [-0.39, 0.29) is 17.9 Å². The van der Waals surface area contributed by atoms with Gasteiger partial charge in [-0.05, 0) is 42.2 Å². The number of nitrogens with one attached hydrogen (secondary N) is 4. The fourth-order valence-electron chi connectivity index (χ4n) is 3.28. The molecule has 1 aliphatic rings. The molecular formula is C24H28F6N4O7. The Balaban J connectivity index is 0.000000497. The molecule has 1 aliphatic heterocycles. The number of alkyl halides is 6. The molecule has 0 fully saturated rings. The number of rotatable bonds is 8. The Hall–Kier alpha value is -4.28. The van der Waals surface area contributed by atoms with Crippen molar-refractivity contribution in [1.29, 1.82) is 0 Å². The number of aromatic nitrogens is 1. The van der Waals surface area contributed by atoms with Crippen molar-refractivity contribution < 1.29 is 60.5 Å². The molecule has 228 valence electrons. The average Bonchev–Trinajstić information content (AvgIpc) is 3.33. The van der Waals surface area contributed by atoms with Crippen LogP contribution >= 0.6 is 0 Å². The second kappa shape index (κ2) is 16.1. The molecule has 1 atom stereocenters. The normalized spacial score (nSPS) is 14.5. The summed E-state index contributed by atoms with van der Waals surface area (Å²) in [6.45, 7) is 1.83. The Morgan fingerprint density at radius 3 is 2.20 bits per heavy atom. The van der Waals surface area contributed by atoms with Crippen molar-refractivity contribution in [2.24, 2.45) is 0 Å². The van der Waals surface area contributed by atoms with E-state index in [0.717, 1.165) is 23.3 Å². The number of carboxylic acids is 2. The Morgan fingerprint density at radius 1 is 1.02 bits per heavy atom. The summed E-state index contributed by atoms with van der Waals surface area (Å²) in [4.78, 5) is 44.8. The van der Waals surface area contributed by atoms with E-state index in [4.69, 9.17) is 24.5 Å². The summed E-state index contributed by atoms with van der Waals surface area (Å²) in [5, 5.41) is 23.5. The molecule has 41 heavy (non-hydrogen) atoms. The third-order valence-electron chi connectivity index (χ3n) is 5.20. The van der Waals surface area contributed by atoms with Crippen molar-refractivity contribution in [3.8, 4) is 5.75 Å². The number of aryl methyl sites for hydroxylation is 1. The van der Waals surface area contributed by atoms with Gasteiger partial charge < -0.3 is 35.9 Å². The number of carboxylic acid groups (broad SMARTS) is 2. The van der Waals surface area contributed by atoms with Gasteiger partial charge in [-0.25, -0.2) is 9.59 Å². The number of hydrogen-bond acceptors (Lipinski definition) is 6. The predicted octanol–water partition coefficient (Wildman–Crippen LogP) is 2.80. The molecule has 6 N–H and O–H groups in total. The number of aliphatic carboxylic acids is 2. The van der Waals surface area contributed by atoms with Gasteiger partial charge in [0.1, 0.15) is 11.4 Å². The first-order chi connectivity index (χ1) is 19.1. The van der Waals surface area contributed by atoms with Crippen LogP contribution < -0.4 is 20.7 Å². The molecule has 2 aromatic rings. The van der Waals surface area contributed by atoms with E-state index < -0.39 is 24.3 Å². The Kier molecular flexibility index (Phi) is 13.6. The Labute approximate surface area is 229 Å². The van der Waals surface area contributed by atoms with Crippen LogP contribution in [-0.2, 0) is 20.8 Å². The maximum absolute atomic E-state index is 12.0. The molecule has 1 aromatic carbocycles. The fraction of sp³-hybridized carbons (Fsp3) is 0.417. The standard InChI is InChI=1S/C20H26N4O3.2C2HF3O2/c1-27-15-4-2-3-14(13-15)5-6-18(25)22-12-11-21-17-8-10-24-20(26)19-16(17)7-9-23-19;2*3-2(4,5)1(6)7/h2-4,7,9,13,17,21,23H,5-6,8,10-12H2,1H3,(H,22,25)(H,24,26);2*(H,6,7). The highest BCUT2D eigenvalue weighted by Gasteiger charge is 2.38. The van der Waals surface area contributed by atoms with Gasteiger partial charge in [0.05, 0.1) is 7.11 Å². The zero-order chi connectivity index (χ0) is 31.2. The van der Waals surface area contributed by atoms with Gasteiger partial charge in [-0.2, -0.15) is 26.3 Å². The molecule has 0 saturated carbocycles. The number of amides is 2. The van der Waals surface area contributed by atoms with E-state index >= 15 is 0 Å². The quantitative estimate of drug-likeness (QED) is 0.199. The fourth-order valence-corrected chi connectivity index (χ4v) is 3.28. The van der Waals surface area contributed by atoms with Gasteiger partial charge in [-0.3, -0.25) is 9.59 Å². The molecule has 17 heteroatoms. The highest BCUT2D eigenvalue weighted by molar-refractivity contribution is 5.94. The van der Waals surface area contributed by atoms with Gasteiger partial charge in [0, 0.05) is 38.3 Å². The summed E-state index contributed by atoms with van der Waals surface area (Å²) in [6, 6.07) is 9.79. The number of methoxy groups -OCH3 is 1. The minimum absolute atomic E-state index is 0.0275. The number of hydrogen-bond donors (Lipinski definition) is 6. The molecule has 0 bridgehead atoms. The van der Waals surface area contributed by atoms with Gasteiger partial charge in [0.2, 0.25) is 5.91 Å². The Morgan fingerprint density at radius 2 is 1.63 bits per heavy atom. The highest BCUT2D eigenvalue weighted by atomic mass is 19.4. The van der Waals surface area contributed by atoms with Crippen LogP contribution in [0.4, 0.5) is 26.3 Å². The molecule has 1 aromatic heterocycles. The number of carbonyl (C=O) groups is 4. The zero-order valence-electron chi connectivity index (χ0n) is 21.5. The summed E-state index contributed by atoms with van der Waals surface area (Å²) in [7, 11) is 1.63. The van der Waals surface area contributed by atoms with Crippen molar-refractivity contribution >= 4 is 23.8 Å². The molecule has 2 amide bonds. The minimum Gasteiger partial charge on any atom is -0.497 e. The van der Waals surface area contributed by atoms with E-state index in [1.807, 2.05) is 30.3 Å². The monoisotopic (exact) mass is 598 g/mol. The van der Waals surface area contributed by atoms with Crippen LogP contribution in [0.5, 0.6) is 5.75 Å². The lowest BCUT2D eigenvalue weighted by Crippen LogP contribution is -2.34. The highest BCUT2D eigenvalue weighted by Crippen LogP contribution is 2.22. The molecule has 3 rings (SSSR count). The van der Waals surface area contributed by atoms with Crippen molar-refractivity contribution in [3.63, 3.8) is 0 Å². The second-order valence-corrected chi connectivity index (χ2v) is 8.17. The number of ether oxygens (including phenoxy) is 1. The first kappa shape index (κ1) is 34.7. The number of carbonyl (C=O) groups excluding carboxylic acids is 2. The second-order valence-electron chi connectivity index (χ2n) is 8.17. The minimum atomic E-state index is -5.08. The molecule has 0 saturated heterocycles. The number of H-pyrrole nitrogens is 1. The SMILES string of the molecule is COc1cccc(CCC(=O)NCCNC2CCNC(=O)c3[nH]ccc32)c1.O=C(O)C(F)(F)F.O=C(O)C(F)(F)F. The number of fused-ring (bicyclic) bond motifs is 1. The lowest BCUT2D eigenvalue weighted by molar-refractivity contribution is -0.193. The zero-order valence-corrected chi connectivity index (χ0v) is 21.5. The summed E-state index contributed by atoms with van der Waals surface area (Å²) in [6.07, 6.45) is -6.44. The summed E-state index contributed by atoms with van der Waals surface area (Å²) < 4.78 is 68.7. The molecule has 0 spiro atoms. The van der Waals surface area contributed by atoms with Crippen LogP contribution in [-0.4, -0.2) is 78.0 Å². The molecule has 11 nitrogen and oxygen atoms in total. The number of halogens is 6. The van der Waals surface area contributed by atoms with Gasteiger partial charge >= 0.3 is 24.3 Å². The van der Waals surface area contributed by atoms with Gasteiger partial charge in [0.25, 0.3) is 5.91 Å². The van der Waals surface area contributed by atoms with Gasteiger partial charge in [-0.15, -0.1) is 0 Å². The van der Waals surface area contributed by atoms with Crippen molar-refractivity contribution in [2.45, 2.75) is 37.7 Å².